The minimum absolute atomic E-state index is 0.276. The van der Waals surface area contributed by atoms with Gasteiger partial charge in [0.1, 0.15) is 0 Å². The number of aryl methyl sites for hydroxylation is 1. The molecule has 2 aliphatic heterocycles. The van der Waals surface area contributed by atoms with Gasteiger partial charge >= 0.3 is 0 Å². The van der Waals surface area contributed by atoms with Gasteiger partial charge < -0.3 is 14.4 Å². The highest BCUT2D eigenvalue weighted by molar-refractivity contribution is 7.11. The maximum atomic E-state index is 6.25. The van der Waals surface area contributed by atoms with Crippen molar-refractivity contribution in [3.63, 3.8) is 0 Å². The third-order valence-corrected chi connectivity index (χ3v) is 6.73. The van der Waals surface area contributed by atoms with Gasteiger partial charge in [-0.25, -0.2) is 0 Å². The number of ether oxygens (including phenoxy) is 2. The molecule has 4 nitrogen and oxygen atoms in total. The summed E-state index contributed by atoms with van der Waals surface area (Å²) in [4.78, 5) is 8.04. The average molecular weight is 351 g/mol. The van der Waals surface area contributed by atoms with Crippen LogP contribution >= 0.6 is 11.3 Å². The maximum absolute atomic E-state index is 6.25. The second-order valence-corrected chi connectivity index (χ2v) is 8.79. The maximum Gasteiger partial charge on any atom is 0.0992 e. The number of fused-ring (bicyclic) bond motifs is 1. The van der Waals surface area contributed by atoms with Gasteiger partial charge in [0, 0.05) is 35.4 Å². The molecule has 1 aliphatic carbocycles. The number of hydrogen-bond donors (Lipinski definition) is 0. The van der Waals surface area contributed by atoms with Crippen LogP contribution in [0.25, 0.3) is 0 Å². The molecule has 1 aromatic rings. The van der Waals surface area contributed by atoms with Gasteiger partial charge in [0.25, 0.3) is 0 Å². The predicted octanol–water partition coefficient (Wildman–Crippen LogP) is 2.90. The Morgan fingerprint density at radius 2 is 2.08 bits per heavy atom. The molecular weight excluding hydrogens is 320 g/mol. The fraction of sp³-hybridized carbons (Fsp3) is 0.789. The van der Waals surface area contributed by atoms with E-state index in [-0.39, 0.29) is 6.10 Å². The first-order valence-electron chi connectivity index (χ1n) is 9.54. The lowest BCUT2D eigenvalue weighted by Crippen LogP contribution is -2.51. The molecule has 0 aromatic carbocycles. The Labute approximate surface area is 149 Å². The summed E-state index contributed by atoms with van der Waals surface area (Å²) in [6.07, 6.45) is 5.64. The van der Waals surface area contributed by atoms with E-state index in [0.29, 0.717) is 12.1 Å². The monoisotopic (exact) mass is 350 g/mol. The Morgan fingerprint density at radius 3 is 2.88 bits per heavy atom. The molecule has 0 amide bonds. The highest BCUT2D eigenvalue weighted by Crippen LogP contribution is 2.33. The summed E-state index contributed by atoms with van der Waals surface area (Å²) in [6.45, 7) is 9.62. The van der Waals surface area contributed by atoms with E-state index in [2.05, 4.69) is 28.9 Å². The molecule has 24 heavy (non-hydrogen) atoms. The number of nitrogens with zero attached hydrogens (tertiary/aromatic N) is 2. The van der Waals surface area contributed by atoms with E-state index in [1.807, 2.05) is 11.3 Å². The molecule has 3 heterocycles. The van der Waals surface area contributed by atoms with Crippen LogP contribution in [0.4, 0.5) is 0 Å². The van der Waals surface area contributed by atoms with Crippen LogP contribution in [0, 0.1) is 6.92 Å². The molecule has 3 fully saturated rings. The van der Waals surface area contributed by atoms with E-state index in [1.54, 1.807) is 0 Å². The fourth-order valence-corrected chi connectivity index (χ4v) is 5.39. The molecule has 4 rings (SSSR count). The van der Waals surface area contributed by atoms with E-state index in [0.717, 1.165) is 39.3 Å². The smallest absolute Gasteiger partial charge is 0.0992 e. The zero-order valence-electron chi connectivity index (χ0n) is 14.8. The van der Waals surface area contributed by atoms with Crippen molar-refractivity contribution in [2.45, 2.75) is 57.4 Å². The second-order valence-electron chi connectivity index (χ2n) is 7.42. The van der Waals surface area contributed by atoms with E-state index in [9.17, 15) is 0 Å². The van der Waals surface area contributed by atoms with Gasteiger partial charge in [0.2, 0.25) is 0 Å². The second kappa shape index (κ2) is 7.83. The van der Waals surface area contributed by atoms with Crippen molar-refractivity contribution in [1.82, 2.24) is 9.80 Å². The van der Waals surface area contributed by atoms with E-state index in [1.165, 1.54) is 42.1 Å². The Bertz CT molecular complexity index is 529. The summed E-state index contributed by atoms with van der Waals surface area (Å²) >= 11 is 1.93. The molecule has 3 atom stereocenters. The van der Waals surface area contributed by atoms with E-state index >= 15 is 0 Å². The summed E-state index contributed by atoms with van der Waals surface area (Å²) in [5.74, 6) is 0. The van der Waals surface area contributed by atoms with Crippen LogP contribution in [-0.2, 0) is 16.0 Å². The Kier molecular flexibility index (Phi) is 5.54. The van der Waals surface area contributed by atoms with Gasteiger partial charge in [0.05, 0.1) is 25.4 Å². The van der Waals surface area contributed by atoms with Crippen molar-refractivity contribution < 1.29 is 9.47 Å². The van der Waals surface area contributed by atoms with Crippen LogP contribution in [0.5, 0.6) is 0 Å². The summed E-state index contributed by atoms with van der Waals surface area (Å²) in [5, 5.41) is 0. The quantitative estimate of drug-likeness (QED) is 0.788. The number of likely N-dealkylation sites (tertiary alicyclic amines) is 1. The van der Waals surface area contributed by atoms with Crippen molar-refractivity contribution in [3.05, 3.63) is 21.9 Å². The molecule has 0 unspecified atom stereocenters. The van der Waals surface area contributed by atoms with E-state index < -0.39 is 0 Å². The van der Waals surface area contributed by atoms with Crippen LogP contribution in [-0.4, -0.2) is 67.4 Å². The average Bonchev–Trinajstić information content (AvgIpc) is 3.30. The van der Waals surface area contributed by atoms with Crippen LogP contribution in [0.2, 0.25) is 0 Å². The molecule has 2 saturated heterocycles. The van der Waals surface area contributed by atoms with E-state index in [4.69, 9.17) is 9.47 Å². The molecule has 1 saturated carbocycles. The molecule has 0 N–H and O–H groups in total. The summed E-state index contributed by atoms with van der Waals surface area (Å²) in [6, 6.07) is 5.05. The third kappa shape index (κ3) is 3.86. The molecule has 5 heteroatoms. The molecule has 1 aromatic heterocycles. The number of hydrogen-bond acceptors (Lipinski definition) is 5. The third-order valence-electron chi connectivity index (χ3n) is 5.74. The summed E-state index contributed by atoms with van der Waals surface area (Å²) in [5.41, 5.74) is 0. The van der Waals surface area contributed by atoms with Crippen molar-refractivity contribution in [2.75, 3.05) is 39.4 Å². The van der Waals surface area contributed by atoms with Gasteiger partial charge in [-0.05, 0) is 57.8 Å². The van der Waals surface area contributed by atoms with Crippen molar-refractivity contribution in [3.8, 4) is 0 Å². The van der Waals surface area contributed by atoms with Gasteiger partial charge in [-0.15, -0.1) is 11.3 Å². The first-order valence-corrected chi connectivity index (χ1v) is 10.4. The van der Waals surface area contributed by atoms with Crippen LogP contribution in [0.15, 0.2) is 12.1 Å². The van der Waals surface area contributed by atoms with Gasteiger partial charge in [0.15, 0.2) is 0 Å². The van der Waals surface area contributed by atoms with Gasteiger partial charge in [-0.2, -0.15) is 0 Å². The molecule has 134 valence electrons. The fourth-order valence-electron chi connectivity index (χ4n) is 4.48. The molecule has 0 spiro atoms. The highest BCUT2D eigenvalue weighted by atomic mass is 32.1. The zero-order valence-corrected chi connectivity index (χ0v) is 15.6. The van der Waals surface area contributed by atoms with Crippen LogP contribution in [0.3, 0.4) is 0 Å². The number of thiophene rings is 1. The highest BCUT2D eigenvalue weighted by Gasteiger charge is 2.43. The molecular formula is C19H30N2O2S. The Balaban J connectivity index is 1.29. The number of rotatable bonds is 6. The minimum Gasteiger partial charge on any atom is -0.374 e. The largest absolute Gasteiger partial charge is 0.374 e. The standard InChI is InChI=1S/C19H30N2O2S/c1-15-4-5-16(24-15)14-21-11-13-23-19-17(21)6-7-18(19)22-12-10-20-8-2-3-9-20/h4-5,17-19H,2-3,6-14H2,1H3/t17-,18+,19+/m0/s1. The molecule has 3 aliphatic rings. The Hall–Kier alpha value is -0.460. The number of morpholine rings is 1. The predicted molar refractivity (Wildman–Crippen MR) is 97.6 cm³/mol. The van der Waals surface area contributed by atoms with Crippen molar-refractivity contribution in [1.29, 1.82) is 0 Å². The SMILES string of the molecule is Cc1ccc(CN2CCO[C@H]3[C@H](OCCN4CCCC4)CC[C@@H]32)s1. The zero-order chi connectivity index (χ0) is 16.4. The minimum atomic E-state index is 0.276. The first kappa shape index (κ1) is 17.0. The van der Waals surface area contributed by atoms with Gasteiger partial charge in [-0.3, -0.25) is 4.90 Å². The summed E-state index contributed by atoms with van der Waals surface area (Å²) < 4.78 is 12.4. The topological polar surface area (TPSA) is 24.9 Å². The van der Waals surface area contributed by atoms with Crippen LogP contribution < -0.4 is 0 Å². The first-order chi connectivity index (χ1) is 11.8. The Morgan fingerprint density at radius 1 is 1.21 bits per heavy atom. The lowest BCUT2D eigenvalue weighted by atomic mass is 10.1. The lowest BCUT2D eigenvalue weighted by Gasteiger charge is -2.39. The van der Waals surface area contributed by atoms with Gasteiger partial charge in [-0.1, -0.05) is 0 Å². The van der Waals surface area contributed by atoms with Crippen LogP contribution in [0.1, 0.15) is 35.4 Å². The summed E-state index contributed by atoms with van der Waals surface area (Å²) in [7, 11) is 0. The normalized spacial score (nSPS) is 31.6. The van der Waals surface area contributed by atoms with Crippen molar-refractivity contribution >= 4 is 11.3 Å². The van der Waals surface area contributed by atoms with Crippen molar-refractivity contribution in [2.24, 2.45) is 0 Å². The molecule has 0 bridgehead atoms. The lowest BCUT2D eigenvalue weighted by molar-refractivity contribution is -0.116. The molecule has 0 radical (unpaired) electrons.